The van der Waals surface area contributed by atoms with Crippen LogP contribution in [0.3, 0.4) is 0 Å². The Bertz CT molecular complexity index is 295. The van der Waals surface area contributed by atoms with Gasteiger partial charge in [-0.15, -0.1) is 0 Å². The van der Waals surface area contributed by atoms with E-state index in [-0.39, 0.29) is 12.4 Å². The Morgan fingerprint density at radius 1 is 0.889 bits per heavy atom. The predicted octanol–water partition coefficient (Wildman–Crippen LogP) is 2.44. The number of hydrogen-bond donors (Lipinski definition) is 0. The minimum Gasteiger partial charge on any atom is -1.00 e. The van der Waals surface area contributed by atoms with Gasteiger partial charge in [-0.25, -0.2) is 0 Å². The summed E-state index contributed by atoms with van der Waals surface area (Å²) < 4.78 is 0. The van der Waals surface area contributed by atoms with Gasteiger partial charge < -0.3 is 12.4 Å². The van der Waals surface area contributed by atoms with E-state index in [1.807, 2.05) is 0 Å². The van der Waals surface area contributed by atoms with Crippen molar-refractivity contribution in [3.8, 4) is 0 Å². The first-order valence-electron chi connectivity index (χ1n) is 7.00. The molecular weight excluding hydrogens is 259 g/mol. The zero-order chi connectivity index (χ0) is 12.6. The first kappa shape index (κ1) is 17.9. The van der Waals surface area contributed by atoms with Crippen molar-refractivity contribution < 1.29 is 12.4 Å². The molecule has 0 atom stereocenters. The lowest BCUT2D eigenvalue weighted by Crippen LogP contribution is -3.00. The van der Waals surface area contributed by atoms with Gasteiger partial charge in [0.1, 0.15) is 0 Å². The van der Waals surface area contributed by atoms with Gasteiger partial charge in [-0.3, -0.25) is 0 Å². The van der Waals surface area contributed by atoms with Crippen LogP contribution in [-0.2, 0) is 6.16 Å². The van der Waals surface area contributed by atoms with Crippen LogP contribution in [0.4, 0.5) is 0 Å². The van der Waals surface area contributed by atoms with Crippen LogP contribution in [-0.4, -0.2) is 19.5 Å². The Morgan fingerprint density at radius 3 is 2.11 bits per heavy atom. The minimum atomic E-state index is -0.713. The lowest BCUT2D eigenvalue weighted by Gasteiger charge is -2.18. The molecular formula is C16H28ClP. The van der Waals surface area contributed by atoms with Crippen molar-refractivity contribution in [1.29, 1.82) is 0 Å². The second-order valence-electron chi connectivity index (χ2n) is 5.72. The van der Waals surface area contributed by atoms with Gasteiger partial charge in [-0.1, -0.05) is 56.5 Å². The molecule has 0 unspecified atom stereocenters. The highest BCUT2D eigenvalue weighted by Crippen LogP contribution is 2.54. The second-order valence-corrected chi connectivity index (χ2v) is 10.4. The maximum Gasteiger partial charge on any atom is 0.0837 e. The highest BCUT2D eigenvalue weighted by molar-refractivity contribution is 7.73. The molecule has 0 aliphatic heterocycles. The van der Waals surface area contributed by atoms with Gasteiger partial charge in [0, 0.05) is 20.6 Å². The van der Waals surface area contributed by atoms with Crippen LogP contribution in [0, 0.1) is 0 Å². The van der Waals surface area contributed by atoms with E-state index in [4.69, 9.17) is 0 Å². The average Bonchev–Trinajstić information content (AvgIpc) is 2.29. The van der Waals surface area contributed by atoms with Gasteiger partial charge in [-0.05, 0) is 18.4 Å². The summed E-state index contributed by atoms with van der Waals surface area (Å²) in [4.78, 5) is 0. The van der Waals surface area contributed by atoms with Crippen LogP contribution >= 0.6 is 7.26 Å². The Labute approximate surface area is 120 Å². The molecule has 0 fully saturated rings. The molecule has 1 rings (SSSR count). The lowest BCUT2D eigenvalue weighted by molar-refractivity contribution is -0.00000392. The summed E-state index contributed by atoms with van der Waals surface area (Å²) in [6, 6.07) is 11.0. The van der Waals surface area contributed by atoms with E-state index in [2.05, 4.69) is 50.6 Å². The fourth-order valence-corrected chi connectivity index (χ4v) is 4.74. The van der Waals surface area contributed by atoms with E-state index >= 15 is 0 Å². The highest BCUT2D eigenvalue weighted by atomic mass is 35.5. The van der Waals surface area contributed by atoms with Gasteiger partial charge in [0.25, 0.3) is 0 Å². The summed E-state index contributed by atoms with van der Waals surface area (Å²) in [6.45, 7) is 7.31. The van der Waals surface area contributed by atoms with E-state index in [1.54, 1.807) is 0 Å². The Kier molecular flexibility index (Phi) is 9.78. The third kappa shape index (κ3) is 8.11. The molecule has 0 aromatic heterocycles. The topological polar surface area (TPSA) is 0 Å². The summed E-state index contributed by atoms with van der Waals surface area (Å²) in [5, 5.41) is 0. The first-order valence-corrected chi connectivity index (χ1v) is 10.1. The van der Waals surface area contributed by atoms with E-state index in [1.165, 1.54) is 50.0 Å². The lowest BCUT2D eigenvalue weighted by atomic mass is 10.2. The SMILES string of the molecule is CCCCCCC[P+](C)(C)Cc1ccccc1.[Cl-]. The van der Waals surface area contributed by atoms with E-state index < -0.39 is 7.26 Å². The molecule has 0 nitrogen and oxygen atoms in total. The first-order chi connectivity index (χ1) is 8.14. The fraction of sp³-hybridized carbons (Fsp3) is 0.625. The third-order valence-electron chi connectivity index (χ3n) is 3.32. The molecule has 0 aliphatic rings. The normalized spacial score (nSPS) is 11.1. The zero-order valence-corrected chi connectivity index (χ0v) is 13.8. The molecule has 0 saturated heterocycles. The van der Waals surface area contributed by atoms with Gasteiger partial charge in [0.2, 0.25) is 0 Å². The molecule has 1 aromatic rings. The molecule has 0 amide bonds. The van der Waals surface area contributed by atoms with Crippen molar-refractivity contribution >= 4 is 7.26 Å². The maximum absolute atomic E-state index is 2.51. The van der Waals surface area contributed by atoms with Gasteiger partial charge in [0.05, 0.1) is 12.3 Å². The Balaban J connectivity index is 0.00000289. The quantitative estimate of drug-likeness (QED) is 0.509. The summed E-state index contributed by atoms with van der Waals surface area (Å²) in [5.74, 6) is 0. The molecule has 104 valence electrons. The minimum absolute atomic E-state index is 0. The van der Waals surface area contributed by atoms with Crippen molar-refractivity contribution in [2.45, 2.75) is 45.2 Å². The monoisotopic (exact) mass is 286 g/mol. The third-order valence-corrected chi connectivity index (χ3v) is 6.07. The van der Waals surface area contributed by atoms with Crippen molar-refractivity contribution in [3.05, 3.63) is 35.9 Å². The Hall–Kier alpha value is -0.0600. The van der Waals surface area contributed by atoms with Crippen LogP contribution < -0.4 is 12.4 Å². The molecule has 18 heavy (non-hydrogen) atoms. The largest absolute Gasteiger partial charge is 1.00 e. The van der Waals surface area contributed by atoms with E-state index in [0.717, 1.165) is 0 Å². The fourth-order valence-electron chi connectivity index (χ4n) is 2.30. The van der Waals surface area contributed by atoms with Crippen molar-refractivity contribution in [3.63, 3.8) is 0 Å². The number of benzene rings is 1. The smallest absolute Gasteiger partial charge is 0.0837 e. The molecule has 0 saturated carbocycles. The molecule has 0 spiro atoms. The van der Waals surface area contributed by atoms with Gasteiger partial charge in [0.15, 0.2) is 0 Å². The summed E-state index contributed by atoms with van der Waals surface area (Å²) in [5.41, 5.74) is 1.53. The highest BCUT2D eigenvalue weighted by Gasteiger charge is 2.24. The van der Waals surface area contributed by atoms with Crippen LogP contribution in [0.5, 0.6) is 0 Å². The molecule has 0 N–H and O–H groups in total. The van der Waals surface area contributed by atoms with E-state index in [9.17, 15) is 0 Å². The summed E-state index contributed by atoms with van der Waals surface area (Å²) in [6.07, 6.45) is 9.86. The molecule has 1 aromatic carbocycles. The molecule has 0 aliphatic carbocycles. The number of halogens is 1. The standard InChI is InChI=1S/C16H28P.ClH/c1-4-5-6-7-11-14-17(2,3)15-16-12-9-8-10-13-16;/h8-10,12-13H,4-7,11,14-15H2,1-3H3;1H/q+1;/p-1. The van der Waals surface area contributed by atoms with Crippen LogP contribution in [0.15, 0.2) is 30.3 Å². The summed E-state index contributed by atoms with van der Waals surface area (Å²) in [7, 11) is -0.713. The number of unbranched alkanes of at least 4 members (excludes halogenated alkanes) is 4. The van der Waals surface area contributed by atoms with Crippen molar-refractivity contribution in [1.82, 2.24) is 0 Å². The molecule has 0 heterocycles. The van der Waals surface area contributed by atoms with Gasteiger partial charge >= 0.3 is 0 Å². The van der Waals surface area contributed by atoms with Crippen molar-refractivity contribution in [2.24, 2.45) is 0 Å². The maximum atomic E-state index is 2.51. The summed E-state index contributed by atoms with van der Waals surface area (Å²) >= 11 is 0. The van der Waals surface area contributed by atoms with E-state index in [0.29, 0.717) is 0 Å². The number of rotatable bonds is 8. The van der Waals surface area contributed by atoms with Crippen LogP contribution in [0.1, 0.15) is 44.6 Å². The molecule has 0 bridgehead atoms. The van der Waals surface area contributed by atoms with Crippen LogP contribution in [0.25, 0.3) is 0 Å². The zero-order valence-electron chi connectivity index (χ0n) is 12.2. The van der Waals surface area contributed by atoms with Gasteiger partial charge in [-0.2, -0.15) is 0 Å². The van der Waals surface area contributed by atoms with Crippen LogP contribution in [0.2, 0.25) is 0 Å². The Morgan fingerprint density at radius 2 is 1.50 bits per heavy atom. The average molecular weight is 287 g/mol. The predicted molar refractivity (Wildman–Crippen MR) is 82.5 cm³/mol. The van der Waals surface area contributed by atoms with Crippen molar-refractivity contribution in [2.75, 3.05) is 19.5 Å². The second kappa shape index (κ2) is 9.82. The molecule has 0 radical (unpaired) electrons. The molecule has 2 heteroatoms. The number of hydrogen-bond acceptors (Lipinski definition) is 0.